The molecule has 1 atom stereocenters. The molecule has 0 aliphatic carbocycles. The highest BCUT2D eigenvalue weighted by Crippen LogP contribution is 2.28. The Labute approximate surface area is 108 Å². The SMILES string of the molecule is COc1cc(NCC(C)C)nc(C2CCCO2)n1. The third-order valence-corrected chi connectivity index (χ3v) is 2.84. The number of hydrogen-bond donors (Lipinski definition) is 1. The van der Waals surface area contributed by atoms with Crippen LogP contribution in [0.25, 0.3) is 0 Å². The normalized spacial score (nSPS) is 19.2. The number of nitrogens with zero attached hydrogens (tertiary/aromatic N) is 2. The number of aromatic nitrogens is 2. The van der Waals surface area contributed by atoms with Gasteiger partial charge < -0.3 is 14.8 Å². The van der Waals surface area contributed by atoms with Crippen molar-refractivity contribution in [1.82, 2.24) is 9.97 Å². The first-order chi connectivity index (χ1) is 8.69. The van der Waals surface area contributed by atoms with Crippen LogP contribution in [0.5, 0.6) is 5.88 Å². The van der Waals surface area contributed by atoms with Crippen LogP contribution in [0.4, 0.5) is 5.82 Å². The molecular formula is C13H21N3O2. The molecule has 5 nitrogen and oxygen atoms in total. The summed E-state index contributed by atoms with van der Waals surface area (Å²) in [5.41, 5.74) is 0. The average molecular weight is 251 g/mol. The van der Waals surface area contributed by atoms with Crippen LogP contribution in [0.3, 0.4) is 0 Å². The third kappa shape index (κ3) is 3.32. The van der Waals surface area contributed by atoms with E-state index in [9.17, 15) is 0 Å². The van der Waals surface area contributed by atoms with E-state index in [0.717, 1.165) is 37.6 Å². The van der Waals surface area contributed by atoms with Crippen molar-refractivity contribution in [2.24, 2.45) is 5.92 Å². The summed E-state index contributed by atoms with van der Waals surface area (Å²) >= 11 is 0. The van der Waals surface area contributed by atoms with Gasteiger partial charge in [-0.3, -0.25) is 0 Å². The summed E-state index contributed by atoms with van der Waals surface area (Å²) in [6.07, 6.45) is 2.07. The maximum Gasteiger partial charge on any atom is 0.218 e. The molecule has 100 valence electrons. The van der Waals surface area contributed by atoms with Crippen LogP contribution in [0, 0.1) is 5.92 Å². The van der Waals surface area contributed by atoms with Crippen LogP contribution in [0.1, 0.15) is 38.6 Å². The number of hydrogen-bond acceptors (Lipinski definition) is 5. The van der Waals surface area contributed by atoms with E-state index in [1.807, 2.05) is 6.07 Å². The van der Waals surface area contributed by atoms with Gasteiger partial charge in [0.15, 0.2) is 5.82 Å². The molecule has 1 aromatic heterocycles. The van der Waals surface area contributed by atoms with Gasteiger partial charge in [-0.05, 0) is 18.8 Å². The molecule has 1 fully saturated rings. The highest BCUT2D eigenvalue weighted by atomic mass is 16.5. The van der Waals surface area contributed by atoms with Crippen molar-refractivity contribution in [1.29, 1.82) is 0 Å². The van der Waals surface area contributed by atoms with Gasteiger partial charge in [-0.15, -0.1) is 0 Å². The quantitative estimate of drug-likeness (QED) is 0.871. The Morgan fingerprint density at radius 2 is 2.33 bits per heavy atom. The molecule has 0 bridgehead atoms. The zero-order valence-corrected chi connectivity index (χ0v) is 11.3. The molecule has 1 aliphatic rings. The second-order valence-corrected chi connectivity index (χ2v) is 4.93. The summed E-state index contributed by atoms with van der Waals surface area (Å²) in [7, 11) is 1.62. The first-order valence-corrected chi connectivity index (χ1v) is 6.47. The largest absolute Gasteiger partial charge is 0.481 e. The predicted molar refractivity (Wildman–Crippen MR) is 69.8 cm³/mol. The van der Waals surface area contributed by atoms with E-state index < -0.39 is 0 Å². The summed E-state index contributed by atoms with van der Waals surface area (Å²) in [5, 5.41) is 3.30. The lowest BCUT2D eigenvalue weighted by molar-refractivity contribution is 0.104. The highest BCUT2D eigenvalue weighted by Gasteiger charge is 2.21. The fraction of sp³-hybridized carbons (Fsp3) is 0.692. The van der Waals surface area contributed by atoms with Crippen molar-refractivity contribution >= 4 is 5.82 Å². The van der Waals surface area contributed by atoms with Crippen LogP contribution in [-0.4, -0.2) is 30.2 Å². The minimum absolute atomic E-state index is 0.0136. The Morgan fingerprint density at radius 1 is 1.50 bits per heavy atom. The fourth-order valence-electron chi connectivity index (χ4n) is 1.87. The van der Waals surface area contributed by atoms with E-state index in [2.05, 4.69) is 29.1 Å². The first kappa shape index (κ1) is 13.1. The molecule has 2 rings (SSSR count). The number of anilines is 1. The van der Waals surface area contributed by atoms with Gasteiger partial charge in [0.1, 0.15) is 11.9 Å². The molecule has 1 aliphatic heterocycles. The summed E-state index contributed by atoms with van der Waals surface area (Å²) in [6, 6.07) is 1.82. The molecular weight excluding hydrogens is 230 g/mol. The lowest BCUT2D eigenvalue weighted by Gasteiger charge is -2.13. The Morgan fingerprint density at radius 3 is 2.94 bits per heavy atom. The molecule has 5 heteroatoms. The van der Waals surface area contributed by atoms with Crippen LogP contribution < -0.4 is 10.1 Å². The van der Waals surface area contributed by atoms with Gasteiger partial charge in [0.05, 0.1) is 7.11 Å². The molecule has 1 N–H and O–H groups in total. The average Bonchev–Trinajstić information content (AvgIpc) is 2.89. The minimum Gasteiger partial charge on any atom is -0.481 e. The Balaban J connectivity index is 2.15. The molecule has 2 heterocycles. The van der Waals surface area contributed by atoms with Gasteiger partial charge in [-0.25, -0.2) is 4.98 Å². The molecule has 18 heavy (non-hydrogen) atoms. The molecule has 0 aromatic carbocycles. The zero-order chi connectivity index (χ0) is 13.0. The van der Waals surface area contributed by atoms with E-state index in [1.54, 1.807) is 7.11 Å². The van der Waals surface area contributed by atoms with E-state index in [0.29, 0.717) is 11.8 Å². The summed E-state index contributed by atoms with van der Waals surface area (Å²) in [5.74, 6) is 2.68. The van der Waals surface area contributed by atoms with E-state index in [1.165, 1.54) is 0 Å². The Hall–Kier alpha value is -1.36. The van der Waals surface area contributed by atoms with Crippen LogP contribution >= 0.6 is 0 Å². The number of methoxy groups -OCH3 is 1. The Bertz CT molecular complexity index is 390. The fourth-order valence-corrected chi connectivity index (χ4v) is 1.87. The summed E-state index contributed by atoms with van der Waals surface area (Å²) in [6.45, 7) is 5.99. The molecule has 0 amide bonds. The minimum atomic E-state index is 0.0136. The predicted octanol–water partition coefficient (Wildman–Crippen LogP) is 2.40. The molecule has 0 spiro atoms. The van der Waals surface area contributed by atoms with Crippen molar-refractivity contribution in [3.63, 3.8) is 0 Å². The molecule has 0 radical (unpaired) electrons. The van der Waals surface area contributed by atoms with E-state index >= 15 is 0 Å². The molecule has 1 unspecified atom stereocenters. The van der Waals surface area contributed by atoms with E-state index in [4.69, 9.17) is 9.47 Å². The van der Waals surface area contributed by atoms with Crippen LogP contribution in [0.2, 0.25) is 0 Å². The monoisotopic (exact) mass is 251 g/mol. The van der Waals surface area contributed by atoms with E-state index in [-0.39, 0.29) is 6.10 Å². The number of nitrogens with one attached hydrogen (secondary N) is 1. The van der Waals surface area contributed by atoms with Crippen molar-refractivity contribution < 1.29 is 9.47 Å². The zero-order valence-electron chi connectivity index (χ0n) is 11.3. The summed E-state index contributed by atoms with van der Waals surface area (Å²) in [4.78, 5) is 8.87. The molecule has 1 saturated heterocycles. The topological polar surface area (TPSA) is 56.3 Å². The van der Waals surface area contributed by atoms with Crippen LogP contribution in [0.15, 0.2) is 6.07 Å². The maximum atomic E-state index is 5.61. The van der Waals surface area contributed by atoms with Crippen molar-refractivity contribution in [3.05, 3.63) is 11.9 Å². The van der Waals surface area contributed by atoms with Crippen LogP contribution in [-0.2, 0) is 4.74 Å². The van der Waals surface area contributed by atoms with Crippen molar-refractivity contribution in [2.45, 2.75) is 32.8 Å². The second-order valence-electron chi connectivity index (χ2n) is 4.93. The lowest BCUT2D eigenvalue weighted by Crippen LogP contribution is -2.12. The third-order valence-electron chi connectivity index (χ3n) is 2.84. The van der Waals surface area contributed by atoms with Gasteiger partial charge in [0.25, 0.3) is 0 Å². The van der Waals surface area contributed by atoms with Crippen molar-refractivity contribution in [2.75, 3.05) is 25.6 Å². The molecule has 0 saturated carbocycles. The molecule has 1 aromatic rings. The highest BCUT2D eigenvalue weighted by molar-refractivity contribution is 5.38. The van der Waals surface area contributed by atoms with Gasteiger partial charge in [-0.1, -0.05) is 13.8 Å². The standard InChI is InChI=1S/C13H21N3O2/c1-9(2)8-14-11-7-12(17-3)16-13(15-11)10-5-4-6-18-10/h7,9-10H,4-6,8H2,1-3H3,(H,14,15,16). The van der Waals surface area contributed by atoms with Crippen molar-refractivity contribution in [3.8, 4) is 5.88 Å². The maximum absolute atomic E-state index is 5.61. The van der Waals surface area contributed by atoms with Gasteiger partial charge in [-0.2, -0.15) is 4.98 Å². The van der Waals surface area contributed by atoms with Gasteiger partial charge in [0.2, 0.25) is 5.88 Å². The lowest BCUT2D eigenvalue weighted by atomic mass is 10.2. The second kappa shape index (κ2) is 6.00. The number of ether oxygens (including phenoxy) is 2. The smallest absolute Gasteiger partial charge is 0.218 e. The summed E-state index contributed by atoms with van der Waals surface area (Å²) < 4.78 is 10.8. The first-order valence-electron chi connectivity index (χ1n) is 6.47. The van der Waals surface area contributed by atoms with Gasteiger partial charge >= 0.3 is 0 Å². The Kier molecular flexibility index (Phi) is 4.36. The number of rotatable bonds is 5. The van der Waals surface area contributed by atoms with Gasteiger partial charge in [0, 0.05) is 19.2 Å².